The minimum Gasteiger partial charge on any atom is -0.369 e. The molecule has 4 rings (SSSR count). The van der Waals surface area contributed by atoms with Gasteiger partial charge in [-0.3, -0.25) is 4.90 Å². The third kappa shape index (κ3) is 3.91. The summed E-state index contributed by atoms with van der Waals surface area (Å²) < 4.78 is 5.87. The van der Waals surface area contributed by atoms with Crippen molar-refractivity contribution >= 4 is 0 Å². The van der Waals surface area contributed by atoms with Crippen LogP contribution in [0.4, 0.5) is 0 Å². The number of ether oxygens (including phenoxy) is 1. The van der Waals surface area contributed by atoms with Gasteiger partial charge in [0.15, 0.2) is 0 Å². The molecular formula is C19H25N7O. The molecule has 0 aliphatic carbocycles. The Bertz CT molecular complexity index is 846. The zero-order valence-corrected chi connectivity index (χ0v) is 15.7. The molecule has 8 heteroatoms. The minimum absolute atomic E-state index is 0.166. The summed E-state index contributed by atoms with van der Waals surface area (Å²) in [6, 6.07) is 10.6. The quantitative estimate of drug-likeness (QED) is 0.667. The van der Waals surface area contributed by atoms with E-state index in [2.05, 4.69) is 49.6 Å². The number of nitrogens with one attached hydrogen (secondary N) is 2. The lowest BCUT2D eigenvalue weighted by Gasteiger charge is -2.23. The van der Waals surface area contributed by atoms with Gasteiger partial charge in [0.25, 0.3) is 0 Å². The van der Waals surface area contributed by atoms with E-state index in [9.17, 15) is 0 Å². The first-order chi connectivity index (χ1) is 13.2. The van der Waals surface area contributed by atoms with Gasteiger partial charge >= 0.3 is 0 Å². The zero-order chi connectivity index (χ0) is 18.6. The Labute approximate surface area is 158 Å². The van der Waals surface area contributed by atoms with Gasteiger partial charge in [0, 0.05) is 17.8 Å². The largest absolute Gasteiger partial charge is 0.369 e. The van der Waals surface area contributed by atoms with Crippen LogP contribution >= 0.6 is 0 Å². The van der Waals surface area contributed by atoms with Crippen LogP contribution in [0.25, 0.3) is 11.3 Å². The highest BCUT2D eigenvalue weighted by Gasteiger charge is 2.29. The molecule has 0 amide bonds. The second-order valence-electron chi connectivity index (χ2n) is 6.94. The predicted octanol–water partition coefficient (Wildman–Crippen LogP) is 2.81. The van der Waals surface area contributed by atoms with E-state index in [1.807, 2.05) is 25.1 Å². The number of aromatic amines is 2. The molecule has 142 valence electrons. The van der Waals surface area contributed by atoms with Crippen LogP contribution in [0.3, 0.4) is 0 Å². The SMILES string of the molecule is Cc1[nH]c(C2CCCN2CCOC(C)c2nn[nH]n2)nc1-c1ccccc1. The van der Waals surface area contributed by atoms with Crippen LogP contribution in [-0.4, -0.2) is 55.2 Å². The number of nitrogens with zero attached hydrogens (tertiary/aromatic N) is 5. The number of aromatic nitrogens is 6. The van der Waals surface area contributed by atoms with Crippen LogP contribution in [0.2, 0.25) is 0 Å². The first-order valence-corrected chi connectivity index (χ1v) is 9.43. The summed E-state index contributed by atoms with van der Waals surface area (Å²) in [6.07, 6.45) is 2.12. The number of hydrogen-bond acceptors (Lipinski definition) is 6. The monoisotopic (exact) mass is 367 g/mol. The fourth-order valence-electron chi connectivity index (χ4n) is 3.68. The third-order valence-corrected chi connectivity index (χ3v) is 5.10. The summed E-state index contributed by atoms with van der Waals surface area (Å²) in [5, 5.41) is 14.0. The van der Waals surface area contributed by atoms with Gasteiger partial charge in [-0.2, -0.15) is 5.21 Å². The maximum absolute atomic E-state index is 5.87. The normalized spacial score (nSPS) is 18.8. The Hall–Kier alpha value is -2.58. The van der Waals surface area contributed by atoms with Gasteiger partial charge in [-0.05, 0) is 33.2 Å². The highest BCUT2D eigenvalue weighted by atomic mass is 16.5. The molecule has 0 radical (unpaired) electrons. The molecular weight excluding hydrogens is 342 g/mol. The summed E-state index contributed by atoms with van der Waals surface area (Å²) in [5.41, 5.74) is 3.31. The van der Waals surface area contributed by atoms with Crippen LogP contribution in [0, 0.1) is 6.92 Å². The fourth-order valence-corrected chi connectivity index (χ4v) is 3.68. The van der Waals surface area contributed by atoms with Gasteiger partial charge in [-0.25, -0.2) is 4.98 Å². The fraction of sp³-hybridized carbons (Fsp3) is 0.474. The molecule has 1 aromatic carbocycles. The van der Waals surface area contributed by atoms with Crippen molar-refractivity contribution in [1.82, 2.24) is 35.5 Å². The van der Waals surface area contributed by atoms with E-state index in [-0.39, 0.29) is 6.10 Å². The number of rotatable bonds is 7. The topological polar surface area (TPSA) is 95.6 Å². The van der Waals surface area contributed by atoms with E-state index in [1.165, 1.54) is 6.42 Å². The maximum atomic E-state index is 5.87. The molecule has 1 fully saturated rings. The van der Waals surface area contributed by atoms with Crippen molar-refractivity contribution in [2.45, 2.75) is 38.8 Å². The Morgan fingerprint density at radius 2 is 2.15 bits per heavy atom. The minimum atomic E-state index is -0.166. The Kier molecular flexibility index (Phi) is 5.26. The first-order valence-electron chi connectivity index (χ1n) is 9.43. The number of hydrogen-bond donors (Lipinski definition) is 2. The van der Waals surface area contributed by atoms with Crippen molar-refractivity contribution < 1.29 is 4.74 Å². The second kappa shape index (κ2) is 7.98. The van der Waals surface area contributed by atoms with E-state index in [1.54, 1.807) is 0 Å². The molecule has 0 bridgehead atoms. The van der Waals surface area contributed by atoms with Crippen molar-refractivity contribution in [2.24, 2.45) is 0 Å². The highest BCUT2D eigenvalue weighted by Crippen LogP contribution is 2.32. The molecule has 3 heterocycles. The molecule has 27 heavy (non-hydrogen) atoms. The number of tetrazole rings is 1. The lowest BCUT2D eigenvalue weighted by atomic mass is 10.1. The molecule has 2 aromatic heterocycles. The third-order valence-electron chi connectivity index (χ3n) is 5.10. The number of likely N-dealkylation sites (tertiary alicyclic amines) is 1. The van der Waals surface area contributed by atoms with Crippen LogP contribution in [0.15, 0.2) is 30.3 Å². The number of aryl methyl sites for hydroxylation is 1. The van der Waals surface area contributed by atoms with E-state index in [0.717, 1.165) is 42.3 Å². The van der Waals surface area contributed by atoms with Gasteiger partial charge in [-0.15, -0.1) is 10.2 Å². The van der Waals surface area contributed by atoms with Crippen molar-refractivity contribution in [3.63, 3.8) is 0 Å². The van der Waals surface area contributed by atoms with Crippen molar-refractivity contribution in [2.75, 3.05) is 19.7 Å². The van der Waals surface area contributed by atoms with Crippen molar-refractivity contribution in [1.29, 1.82) is 0 Å². The molecule has 1 aliphatic rings. The molecule has 8 nitrogen and oxygen atoms in total. The second-order valence-corrected chi connectivity index (χ2v) is 6.94. The number of imidazole rings is 1. The molecule has 2 unspecified atom stereocenters. The predicted molar refractivity (Wildman–Crippen MR) is 101 cm³/mol. The molecule has 0 saturated carbocycles. The summed E-state index contributed by atoms with van der Waals surface area (Å²) in [5.74, 6) is 1.64. The van der Waals surface area contributed by atoms with Crippen LogP contribution in [-0.2, 0) is 4.74 Å². The Morgan fingerprint density at radius 1 is 1.30 bits per heavy atom. The molecule has 0 spiro atoms. The van der Waals surface area contributed by atoms with Crippen LogP contribution in [0.5, 0.6) is 0 Å². The van der Waals surface area contributed by atoms with Gasteiger partial charge in [-0.1, -0.05) is 35.5 Å². The van der Waals surface area contributed by atoms with E-state index in [4.69, 9.17) is 9.72 Å². The molecule has 1 aliphatic heterocycles. The Balaban J connectivity index is 1.40. The van der Waals surface area contributed by atoms with Gasteiger partial charge in [0.05, 0.1) is 18.3 Å². The van der Waals surface area contributed by atoms with Gasteiger partial charge in [0.1, 0.15) is 11.9 Å². The number of H-pyrrole nitrogens is 2. The average molecular weight is 367 g/mol. The molecule has 1 saturated heterocycles. The van der Waals surface area contributed by atoms with Crippen molar-refractivity contribution in [3.05, 3.63) is 47.7 Å². The van der Waals surface area contributed by atoms with Gasteiger partial charge < -0.3 is 9.72 Å². The summed E-state index contributed by atoms with van der Waals surface area (Å²) >= 11 is 0. The van der Waals surface area contributed by atoms with Crippen LogP contribution in [0.1, 0.15) is 49.3 Å². The van der Waals surface area contributed by atoms with E-state index in [0.29, 0.717) is 18.5 Å². The van der Waals surface area contributed by atoms with Crippen LogP contribution < -0.4 is 0 Å². The first kappa shape index (κ1) is 17.8. The van der Waals surface area contributed by atoms with Crippen molar-refractivity contribution in [3.8, 4) is 11.3 Å². The summed E-state index contributed by atoms with van der Waals surface area (Å²) in [6.45, 7) is 6.57. The molecule has 2 N–H and O–H groups in total. The average Bonchev–Trinajstić information content (AvgIpc) is 3.43. The zero-order valence-electron chi connectivity index (χ0n) is 15.7. The maximum Gasteiger partial charge on any atom is 0.202 e. The molecule has 3 aromatic rings. The standard InChI is InChI=1S/C19H25N7O/c1-13-17(15-7-4-3-5-8-15)21-19(20-13)16-9-6-10-26(16)11-12-27-14(2)18-22-24-25-23-18/h3-5,7-8,14,16H,6,9-12H2,1-2H3,(H,20,21)(H,22,23,24,25). The number of benzene rings is 1. The smallest absolute Gasteiger partial charge is 0.202 e. The van der Waals surface area contributed by atoms with E-state index < -0.39 is 0 Å². The van der Waals surface area contributed by atoms with Gasteiger partial charge in [0.2, 0.25) is 5.82 Å². The highest BCUT2D eigenvalue weighted by molar-refractivity contribution is 5.61. The molecule has 2 atom stereocenters. The lowest BCUT2D eigenvalue weighted by molar-refractivity contribution is 0.0398. The Morgan fingerprint density at radius 3 is 2.93 bits per heavy atom. The summed E-state index contributed by atoms with van der Waals surface area (Å²) in [7, 11) is 0. The lowest BCUT2D eigenvalue weighted by Crippen LogP contribution is -2.28. The summed E-state index contributed by atoms with van der Waals surface area (Å²) in [4.78, 5) is 10.9. The van der Waals surface area contributed by atoms with E-state index >= 15 is 0 Å².